The highest BCUT2D eigenvalue weighted by molar-refractivity contribution is 7.89. The number of amides is 1. The van der Waals surface area contributed by atoms with Gasteiger partial charge in [-0.1, -0.05) is 12.8 Å². The number of likely N-dealkylation sites (tertiary alicyclic amines) is 1. The Balaban J connectivity index is 0.00000243. The third kappa shape index (κ3) is 4.19. The van der Waals surface area contributed by atoms with E-state index in [2.05, 4.69) is 4.72 Å². The van der Waals surface area contributed by atoms with Gasteiger partial charge in [-0.25, -0.2) is 17.5 Å². The molecule has 2 fully saturated rings. The fourth-order valence-electron chi connectivity index (χ4n) is 3.67. The second-order valence-electron chi connectivity index (χ2n) is 6.94. The number of nitrogens with zero attached hydrogens (tertiary/aromatic N) is 1. The van der Waals surface area contributed by atoms with E-state index >= 15 is 0 Å². The number of nitrogens with two attached hydrogens (primary N) is 1. The molecule has 3 N–H and O–H groups in total. The van der Waals surface area contributed by atoms with Gasteiger partial charge in [-0.3, -0.25) is 4.79 Å². The second-order valence-corrected chi connectivity index (χ2v) is 8.62. The first kappa shape index (κ1) is 21.1. The van der Waals surface area contributed by atoms with Gasteiger partial charge in [-0.05, 0) is 43.9 Å². The topological polar surface area (TPSA) is 92.5 Å². The van der Waals surface area contributed by atoms with Gasteiger partial charge in [0.25, 0.3) is 5.91 Å². The van der Waals surface area contributed by atoms with E-state index in [0.29, 0.717) is 25.9 Å². The van der Waals surface area contributed by atoms with Gasteiger partial charge in [0, 0.05) is 25.2 Å². The Morgan fingerprint density at radius 1 is 1.19 bits per heavy atom. The summed E-state index contributed by atoms with van der Waals surface area (Å²) < 4.78 is 42.3. The van der Waals surface area contributed by atoms with Gasteiger partial charge in [0.05, 0.1) is 10.5 Å². The van der Waals surface area contributed by atoms with Crippen molar-refractivity contribution in [3.63, 3.8) is 0 Å². The number of carbonyl (C=O) groups excluding carboxylic acids is 1. The second kappa shape index (κ2) is 8.21. The van der Waals surface area contributed by atoms with E-state index in [1.54, 1.807) is 4.90 Å². The molecule has 146 valence electrons. The number of hydrogen-bond donors (Lipinski definition) is 2. The van der Waals surface area contributed by atoms with Crippen LogP contribution >= 0.6 is 12.4 Å². The Labute approximate surface area is 159 Å². The molecular formula is C17H25ClFN3O3S. The minimum Gasteiger partial charge on any atom is -0.339 e. The molecule has 1 aromatic rings. The van der Waals surface area contributed by atoms with Crippen LogP contribution in [0.15, 0.2) is 23.1 Å². The van der Waals surface area contributed by atoms with Crippen LogP contribution in [0.3, 0.4) is 0 Å². The largest absolute Gasteiger partial charge is 0.339 e. The molecule has 2 aliphatic rings. The van der Waals surface area contributed by atoms with E-state index in [1.807, 2.05) is 0 Å². The highest BCUT2D eigenvalue weighted by Crippen LogP contribution is 2.30. The van der Waals surface area contributed by atoms with E-state index in [-0.39, 0.29) is 35.3 Å². The lowest BCUT2D eigenvalue weighted by Crippen LogP contribution is -2.51. The Morgan fingerprint density at radius 3 is 2.35 bits per heavy atom. The van der Waals surface area contributed by atoms with Crippen LogP contribution in [0.5, 0.6) is 0 Å². The molecule has 1 aliphatic carbocycles. The maximum absolute atomic E-state index is 14.4. The molecule has 1 saturated carbocycles. The summed E-state index contributed by atoms with van der Waals surface area (Å²) in [6.45, 7) is 1.43. The average molecular weight is 406 g/mol. The molecule has 1 heterocycles. The summed E-state index contributed by atoms with van der Waals surface area (Å²) in [4.78, 5) is 13.7. The summed E-state index contributed by atoms with van der Waals surface area (Å²) in [5.41, 5.74) is 5.03. The van der Waals surface area contributed by atoms with Gasteiger partial charge in [0.1, 0.15) is 5.82 Å². The third-order valence-electron chi connectivity index (χ3n) is 5.18. The van der Waals surface area contributed by atoms with Crippen LogP contribution < -0.4 is 10.5 Å². The number of carbonyl (C=O) groups is 1. The van der Waals surface area contributed by atoms with Gasteiger partial charge < -0.3 is 10.6 Å². The van der Waals surface area contributed by atoms with E-state index in [9.17, 15) is 17.6 Å². The molecule has 26 heavy (non-hydrogen) atoms. The average Bonchev–Trinajstić information content (AvgIpc) is 3.26. The van der Waals surface area contributed by atoms with Crippen LogP contribution in [0, 0.1) is 5.82 Å². The van der Waals surface area contributed by atoms with Crippen LogP contribution in [0.4, 0.5) is 4.39 Å². The Hall–Kier alpha value is -1.22. The maximum atomic E-state index is 14.4. The van der Waals surface area contributed by atoms with Crippen molar-refractivity contribution in [2.75, 3.05) is 19.6 Å². The van der Waals surface area contributed by atoms with Crippen LogP contribution in [0.1, 0.15) is 48.9 Å². The van der Waals surface area contributed by atoms with Crippen molar-refractivity contribution >= 4 is 28.3 Å². The number of halogens is 2. The molecule has 0 unspecified atom stereocenters. The lowest BCUT2D eigenvalue weighted by Gasteiger charge is -2.28. The van der Waals surface area contributed by atoms with Crippen LogP contribution in [-0.2, 0) is 10.0 Å². The van der Waals surface area contributed by atoms with Crippen molar-refractivity contribution in [1.29, 1.82) is 0 Å². The van der Waals surface area contributed by atoms with Crippen molar-refractivity contribution in [1.82, 2.24) is 9.62 Å². The van der Waals surface area contributed by atoms with Crippen LogP contribution in [0.2, 0.25) is 0 Å². The first-order valence-electron chi connectivity index (χ1n) is 8.70. The zero-order valence-electron chi connectivity index (χ0n) is 14.5. The summed E-state index contributed by atoms with van der Waals surface area (Å²) in [7, 11) is -3.89. The summed E-state index contributed by atoms with van der Waals surface area (Å²) >= 11 is 0. The lowest BCUT2D eigenvalue weighted by atomic mass is 10.0. The predicted octanol–water partition coefficient (Wildman–Crippen LogP) is 2.03. The molecule has 0 aromatic heterocycles. The third-order valence-corrected chi connectivity index (χ3v) is 6.75. The number of benzene rings is 1. The quantitative estimate of drug-likeness (QED) is 0.783. The van der Waals surface area contributed by atoms with E-state index < -0.39 is 21.4 Å². The van der Waals surface area contributed by atoms with Crippen molar-refractivity contribution in [2.45, 2.75) is 49.0 Å². The highest BCUT2D eigenvalue weighted by Gasteiger charge is 2.37. The molecule has 3 rings (SSSR count). The van der Waals surface area contributed by atoms with Gasteiger partial charge in [0.15, 0.2) is 0 Å². The fraction of sp³-hybridized carbons (Fsp3) is 0.588. The Kier molecular flexibility index (Phi) is 6.65. The molecule has 1 saturated heterocycles. The molecule has 9 heteroatoms. The van der Waals surface area contributed by atoms with E-state index in [1.165, 1.54) is 12.1 Å². The molecule has 1 aromatic carbocycles. The van der Waals surface area contributed by atoms with Crippen molar-refractivity contribution < 1.29 is 17.6 Å². The van der Waals surface area contributed by atoms with Gasteiger partial charge in [-0.2, -0.15) is 0 Å². The SMILES string of the molecule is Cl.NCC1(NS(=O)(=O)c2ccc(C(=O)N3CCCC3)c(F)c2)CCCC1. The van der Waals surface area contributed by atoms with Gasteiger partial charge in [-0.15, -0.1) is 12.4 Å². The smallest absolute Gasteiger partial charge is 0.256 e. The van der Waals surface area contributed by atoms with Gasteiger partial charge >= 0.3 is 0 Å². The van der Waals surface area contributed by atoms with Crippen LogP contribution in [-0.4, -0.2) is 44.4 Å². The van der Waals surface area contributed by atoms with Crippen molar-refractivity contribution in [2.24, 2.45) is 5.73 Å². The molecule has 0 bridgehead atoms. The zero-order chi connectivity index (χ0) is 18.1. The van der Waals surface area contributed by atoms with Gasteiger partial charge in [0.2, 0.25) is 10.0 Å². The maximum Gasteiger partial charge on any atom is 0.256 e. The number of sulfonamides is 1. The summed E-state index contributed by atoms with van der Waals surface area (Å²) in [6.07, 6.45) is 5.00. The molecule has 0 spiro atoms. The molecule has 0 atom stereocenters. The Bertz CT molecular complexity index is 761. The standard InChI is InChI=1S/C17H24FN3O3S.ClH/c18-15-11-13(5-6-14(15)16(22)21-9-3-4-10-21)25(23,24)20-17(12-19)7-1-2-8-17;/h5-6,11,20H,1-4,7-10,12,19H2;1H. The molecular weight excluding hydrogens is 381 g/mol. The Morgan fingerprint density at radius 2 is 1.81 bits per heavy atom. The highest BCUT2D eigenvalue weighted by atomic mass is 35.5. The summed E-state index contributed by atoms with van der Waals surface area (Å²) in [5, 5.41) is 0. The predicted molar refractivity (Wildman–Crippen MR) is 99.4 cm³/mol. The normalized spacial score (nSPS) is 19.4. The van der Waals surface area contributed by atoms with Crippen molar-refractivity contribution in [3.8, 4) is 0 Å². The molecule has 1 amide bonds. The number of rotatable bonds is 5. The molecule has 1 aliphatic heterocycles. The van der Waals surface area contributed by atoms with Crippen LogP contribution in [0.25, 0.3) is 0 Å². The fourth-order valence-corrected chi connectivity index (χ4v) is 5.15. The summed E-state index contributed by atoms with van der Waals surface area (Å²) in [6, 6.07) is 3.47. The first-order chi connectivity index (χ1) is 11.9. The summed E-state index contributed by atoms with van der Waals surface area (Å²) in [5.74, 6) is -1.20. The van der Waals surface area contributed by atoms with E-state index in [0.717, 1.165) is 31.7 Å². The number of nitrogens with one attached hydrogen (secondary N) is 1. The minimum absolute atomic E-state index is 0. The minimum atomic E-state index is -3.89. The zero-order valence-corrected chi connectivity index (χ0v) is 16.2. The molecule has 0 radical (unpaired) electrons. The van der Waals surface area contributed by atoms with E-state index in [4.69, 9.17) is 5.73 Å². The first-order valence-corrected chi connectivity index (χ1v) is 10.2. The monoisotopic (exact) mass is 405 g/mol. The van der Waals surface area contributed by atoms with Crippen molar-refractivity contribution in [3.05, 3.63) is 29.6 Å². The lowest BCUT2D eigenvalue weighted by molar-refractivity contribution is 0.0788. The number of hydrogen-bond acceptors (Lipinski definition) is 4. The molecule has 6 nitrogen and oxygen atoms in total.